The van der Waals surface area contributed by atoms with Crippen molar-refractivity contribution in [3.63, 3.8) is 0 Å². The molecule has 0 atom stereocenters. The number of ether oxygens (including phenoxy) is 2. The number of hydrogen-bond donors (Lipinski definition) is 2. The predicted octanol–water partition coefficient (Wildman–Crippen LogP) is 3.64. The number of nitrogens with two attached hydrogens (primary N) is 1. The second-order valence-corrected chi connectivity index (χ2v) is 5.88. The summed E-state index contributed by atoms with van der Waals surface area (Å²) in [5.41, 5.74) is 7.68. The van der Waals surface area contributed by atoms with E-state index in [1.807, 2.05) is 43.3 Å². The minimum Gasteiger partial charge on any atom is -0.490 e. The summed E-state index contributed by atoms with van der Waals surface area (Å²) < 4.78 is 11.7. The Labute approximate surface area is 154 Å². The summed E-state index contributed by atoms with van der Waals surface area (Å²) >= 11 is 0. The molecular formula is C20H26N4O2. The minimum absolute atomic E-state index is 0.356. The van der Waals surface area contributed by atoms with Gasteiger partial charge in [-0.1, -0.05) is 37.3 Å². The lowest BCUT2D eigenvalue weighted by Crippen LogP contribution is -2.32. The van der Waals surface area contributed by atoms with Gasteiger partial charge in [-0.15, -0.1) is 0 Å². The third kappa shape index (κ3) is 6.12. The molecule has 1 aromatic carbocycles. The van der Waals surface area contributed by atoms with E-state index in [0.29, 0.717) is 43.0 Å². The lowest BCUT2D eigenvalue weighted by atomic mass is 10.2. The van der Waals surface area contributed by atoms with E-state index < -0.39 is 0 Å². The monoisotopic (exact) mass is 354 g/mol. The summed E-state index contributed by atoms with van der Waals surface area (Å²) in [6.45, 7) is 9.38. The maximum Gasteiger partial charge on any atom is 0.224 e. The van der Waals surface area contributed by atoms with Crippen LogP contribution in [0.5, 0.6) is 17.4 Å². The number of benzene rings is 1. The van der Waals surface area contributed by atoms with Gasteiger partial charge in [-0.05, 0) is 31.5 Å². The standard InChI is InChI=1S/C20H26N4O2/c1-4-12-25-17-9-5-6-10-18(17)26-19-16(8-7-11-22-19)14-24-20(21)23-13-15(2)3/h5-11H,2,4,12-14H2,1,3H3,(H3,21,23,24). The molecule has 0 spiro atoms. The third-order valence-electron chi connectivity index (χ3n) is 3.36. The van der Waals surface area contributed by atoms with Gasteiger partial charge < -0.3 is 20.5 Å². The van der Waals surface area contributed by atoms with Gasteiger partial charge in [0.1, 0.15) is 0 Å². The zero-order valence-electron chi connectivity index (χ0n) is 15.4. The van der Waals surface area contributed by atoms with Crippen LogP contribution in [0.4, 0.5) is 0 Å². The lowest BCUT2D eigenvalue weighted by Gasteiger charge is -2.13. The Morgan fingerprint density at radius 2 is 2.00 bits per heavy atom. The Morgan fingerprint density at radius 3 is 2.73 bits per heavy atom. The van der Waals surface area contributed by atoms with Gasteiger partial charge in [0.2, 0.25) is 5.88 Å². The number of guanidine groups is 1. The van der Waals surface area contributed by atoms with E-state index in [1.165, 1.54) is 0 Å². The Balaban J connectivity index is 2.12. The van der Waals surface area contributed by atoms with Gasteiger partial charge in [0.15, 0.2) is 17.5 Å². The summed E-state index contributed by atoms with van der Waals surface area (Å²) in [4.78, 5) is 8.66. The van der Waals surface area contributed by atoms with Crippen molar-refractivity contribution in [2.24, 2.45) is 10.7 Å². The summed E-state index contributed by atoms with van der Waals surface area (Å²) in [5.74, 6) is 2.15. The number of nitrogens with one attached hydrogen (secondary N) is 1. The first-order valence-corrected chi connectivity index (χ1v) is 8.62. The second kappa shape index (κ2) is 10.1. The highest BCUT2D eigenvalue weighted by molar-refractivity contribution is 5.78. The fraction of sp³-hybridized carbons (Fsp3) is 0.300. The molecular weight excluding hydrogens is 328 g/mol. The van der Waals surface area contributed by atoms with Crippen molar-refractivity contribution in [2.75, 3.05) is 13.2 Å². The first-order chi connectivity index (χ1) is 12.6. The molecule has 0 radical (unpaired) electrons. The number of hydrogen-bond acceptors (Lipinski definition) is 4. The van der Waals surface area contributed by atoms with Crippen LogP contribution >= 0.6 is 0 Å². The van der Waals surface area contributed by atoms with E-state index in [0.717, 1.165) is 17.6 Å². The van der Waals surface area contributed by atoms with Crippen LogP contribution in [0.3, 0.4) is 0 Å². The normalized spacial score (nSPS) is 11.1. The average molecular weight is 354 g/mol. The molecule has 0 bridgehead atoms. The molecule has 2 aromatic rings. The van der Waals surface area contributed by atoms with Crippen molar-refractivity contribution < 1.29 is 9.47 Å². The molecule has 0 saturated heterocycles. The van der Waals surface area contributed by atoms with Gasteiger partial charge >= 0.3 is 0 Å². The number of pyridine rings is 1. The van der Waals surface area contributed by atoms with Gasteiger partial charge in [-0.25, -0.2) is 9.98 Å². The highest BCUT2D eigenvalue weighted by Gasteiger charge is 2.10. The number of nitrogens with zero attached hydrogens (tertiary/aromatic N) is 2. The predicted molar refractivity (Wildman–Crippen MR) is 105 cm³/mol. The number of para-hydroxylation sites is 2. The first kappa shape index (κ1) is 19.3. The summed E-state index contributed by atoms with van der Waals surface area (Å²) in [5, 5.41) is 3.00. The molecule has 0 aliphatic rings. The topological polar surface area (TPSA) is 81.8 Å². The zero-order valence-corrected chi connectivity index (χ0v) is 15.4. The summed E-state index contributed by atoms with van der Waals surface area (Å²) in [6.07, 6.45) is 2.61. The number of aromatic nitrogens is 1. The van der Waals surface area contributed by atoms with Crippen LogP contribution in [0.2, 0.25) is 0 Å². The largest absolute Gasteiger partial charge is 0.490 e. The van der Waals surface area contributed by atoms with Crippen LogP contribution in [-0.4, -0.2) is 24.1 Å². The minimum atomic E-state index is 0.356. The van der Waals surface area contributed by atoms with E-state index in [1.54, 1.807) is 6.20 Å². The van der Waals surface area contributed by atoms with E-state index in [4.69, 9.17) is 15.2 Å². The molecule has 1 heterocycles. The van der Waals surface area contributed by atoms with Crippen LogP contribution in [0.15, 0.2) is 59.7 Å². The van der Waals surface area contributed by atoms with Crippen LogP contribution in [0.1, 0.15) is 25.8 Å². The van der Waals surface area contributed by atoms with E-state index in [9.17, 15) is 0 Å². The Morgan fingerprint density at radius 1 is 1.23 bits per heavy atom. The Bertz CT molecular complexity index is 759. The van der Waals surface area contributed by atoms with Crippen molar-refractivity contribution in [1.82, 2.24) is 10.3 Å². The average Bonchev–Trinajstić information content (AvgIpc) is 2.65. The van der Waals surface area contributed by atoms with E-state index >= 15 is 0 Å². The third-order valence-corrected chi connectivity index (χ3v) is 3.36. The van der Waals surface area contributed by atoms with Crippen LogP contribution in [0.25, 0.3) is 0 Å². The first-order valence-electron chi connectivity index (χ1n) is 8.62. The lowest BCUT2D eigenvalue weighted by molar-refractivity contribution is 0.300. The number of aliphatic imine (C=N–C) groups is 1. The molecule has 6 heteroatoms. The highest BCUT2D eigenvalue weighted by Crippen LogP contribution is 2.32. The van der Waals surface area contributed by atoms with Crippen molar-refractivity contribution in [1.29, 1.82) is 0 Å². The van der Waals surface area contributed by atoms with Crippen molar-refractivity contribution in [2.45, 2.75) is 26.8 Å². The smallest absolute Gasteiger partial charge is 0.224 e. The SMILES string of the molecule is C=C(C)CNC(N)=NCc1cccnc1Oc1ccccc1OCCC. The molecule has 0 unspecified atom stereocenters. The van der Waals surface area contributed by atoms with Crippen molar-refractivity contribution in [3.8, 4) is 17.4 Å². The van der Waals surface area contributed by atoms with Gasteiger partial charge in [-0.3, -0.25) is 0 Å². The molecule has 0 aliphatic heterocycles. The van der Waals surface area contributed by atoms with E-state index in [-0.39, 0.29) is 0 Å². The molecule has 0 aliphatic carbocycles. The summed E-state index contributed by atoms with van der Waals surface area (Å²) in [7, 11) is 0. The molecule has 0 saturated carbocycles. The van der Waals surface area contributed by atoms with Crippen molar-refractivity contribution in [3.05, 3.63) is 60.3 Å². The molecule has 3 N–H and O–H groups in total. The fourth-order valence-corrected chi connectivity index (χ4v) is 2.07. The molecule has 0 amide bonds. The van der Waals surface area contributed by atoms with Gasteiger partial charge in [0.25, 0.3) is 0 Å². The molecule has 26 heavy (non-hydrogen) atoms. The maximum absolute atomic E-state index is 5.99. The second-order valence-electron chi connectivity index (χ2n) is 5.88. The fourth-order valence-electron chi connectivity index (χ4n) is 2.07. The molecule has 0 fully saturated rings. The molecule has 138 valence electrons. The van der Waals surface area contributed by atoms with E-state index in [2.05, 4.69) is 28.8 Å². The van der Waals surface area contributed by atoms with Gasteiger partial charge in [0, 0.05) is 18.3 Å². The molecule has 1 aromatic heterocycles. The molecule has 6 nitrogen and oxygen atoms in total. The Kier molecular flexibility index (Phi) is 7.49. The van der Waals surface area contributed by atoms with Gasteiger partial charge in [0.05, 0.1) is 13.2 Å². The van der Waals surface area contributed by atoms with Crippen LogP contribution in [-0.2, 0) is 6.54 Å². The number of rotatable bonds is 9. The van der Waals surface area contributed by atoms with Crippen molar-refractivity contribution >= 4 is 5.96 Å². The van der Waals surface area contributed by atoms with Gasteiger partial charge in [-0.2, -0.15) is 0 Å². The zero-order chi connectivity index (χ0) is 18.8. The van der Waals surface area contributed by atoms with Crippen LogP contribution < -0.4 is 20.5 Å². The highest BCUT2D eigenvalue weighted by atomic mass is 16.5. The summed E-state index contributed by atoms with van der Waals surface area (Å²) in [6, 6.07) is 11.3. The quantitative estimate of drug-likeness (QED) is 0.408. The Hall–Kier alpha value is -3.02. The molecule has 2 rings (SSSR count). The van der Waals surface area contributed by atoms with Crippen LogP contribution in [0, 0.1) is 0 Å². The maximum atomic E-state index is 5.99.